The van der Waals surface area contributed by atoms with Gasteiger partial charge in [-0.2, -0.15) is 0 Å². The second-order valence-corrected chi connectivity index (χ2v) is 9.56. The van der Waals surface area contributed by atoms with Crippen molar-refractivity contribution < 1.29 is 23.1 Å². The van der Waals surface area contributed by atoms with E-state index in [1.165, 1.54) is 24.3 Å². The molecule has 4 rings (SSSR count). The van der Waals surface area contributed by atoms with E-state index in [-0.39, 0.29) is 29.4 Å². The second kappa shape index (κ2) is 11.8. The number of esters is 1. The number of likely N-dealkylation sites (tertiary alicyclic amines) is 1. The third kappa shape index (κ3) is 6.45. The minimum atomic E-state index is -0.372. The zero-order valence-corrected chi connectivity index (χ0v) is 20.3. The first kappa shape index (κ1) is 25.3. The van der Waals surface area contributed by atoms with Crippen LogP contribution in [0.25, 0.3) is 0 Å². The highest BCUT2D eigenvalue weighted by atomic mass is 19.1. The topological polar surface area (TPSA) is 49.9 Å². The molecule has 188 valence electrons. The lowest BCUT2D eigenvalue weighted by Gasteiger charge is -2.33. The van der Waals surface area contributed by atoms with Crippen LogP contribution in [-0.2, 0) is 14.3 Å². The summed E-state index contributed by atoms with van der Waals surface area (Å²) in [6, 6.07) is 11.1. The van der Waals surface area contributed by atoms with E-state index in [2.05, 4.69) is 4.90 Å². The van der Waals surface area contributed by atoms with Crippen molar-refractivity contribution in [2.75, 3.05) is 37.7 Å². The van der Waals surface area contributed by atoms with Gasteiger partial charge in [-0.3, -0.25) is 14.5 Å². The normalized spacial score (nSPS) is 19.2. The molecule has 5 nitrogen and oxygen atoms in total. The van der Waals surface area contributed by atoms with E-state index < -0.39 is 0 Å². The van der Waals surface area contributed by atoms with Crippen LogP contribution in [0.2, 0.25) is 0 Å². The van der Waals surface area contributed by atoms with Crippen LogP contribution in [0.15, 0.2) is 42.5 Å². The van der Waals surface area contributed by atoms with Gasteiger partial charge in [0, 0.05) is 18.9 Å². The molecule has 0 saturated carbocycles. The Kier molecular flexibility index (Phi) is 8.50. The van der Waals surface area contributed by atoms with Gasteiger partial charge in [-0.1, -0.05) is 18.2 Å². The van der Waals surface area contributed by atoms with Gasteiger partial charge in [0.1, 0.15) is 11.6 Å². The van der Waals surface area contributed by atoms with Crippen molar-refractivity contribution in [2.24, 2.45) is 5.92 Å². The maximum absolute atomic E-state index is 14.3. The first-order valence-electron chi connectivity index (χ1n) is 12.7. The molecule has 2 aromatic carbocycles. The number of benzene rings is 2. The molecule has 7 heteroatoms. The Morgan fingerprint density at radius 2 is 1.69 bits per heavy atom. The zero-order chi connectivity index (χ0) is 24.8. The number of ether oxygens (including phenoxy) is 1. The quantitative estimate of drug-likeness (QED) is 0.502. The summed E-state index contributed by atoms with van der Waals surface area (Å²) in [6.07, 6.45) is 4.75. The maximum atomic E-state index is 14.3. The number of rotatable bonds is 7. The van der Waals surface area contributed by atoms with Crippen molar-refractivity contribution in [3.05, 3.63) is 65.2 Å². The molecule has 1 fully saturated rings. The Balaban J connectivity index is 1.41. The van der Waals surface area contributed by atoms with E-state index in [4.69, 9.17) is 4.74 Å². The maximum Gasteiger partial charge on any atom is 0.305 e. The molecule has 2 heterocycles. The van der Waals surface area contributed by atoms with Crippen LogP contribution in [-0.4, -0.2) is 49.6 Å². The molecular weight excluding hydrogens is 450 g/mol. The van der Waals surface area contributed by atoms with Crippen LogP contribution in [0, 0.1) is 17.6 Å². The molecule has 1 unspecified atom stereocenters. The molecule has 0 aromatic heterocycles. The lowest BCUT2D eigenvalue weighted by Crippen LogP contribution is -2.44. The highest BCUT2D eigenvalue weighted by molar-refractivity contribution is 5.96. The van der Waals surface area contributed by atoms with Gasteiger partial charge in [0.25, 0.3) is 0 Å². The third-order valence-corrected chi connectivity index (χ3v) is 7.23. The monoisotopic (exact) mass is 484 g/mol. The van der Waals surface area contributed by atoms with Gasteiger partial charge in [0.05, 0.1) is 18.8 Å². The number of hydrogen-bond acceptors (Lipinski definition) is 4. The van der Waals surface area contributed by atoms with Gasteiger partial charge in [-0.05, 0) is 93.4 Å². The van der Waals surface area contributed by atoms with E-state index in [0.717, 1.165) is 56.3 Å². The number of nitrogens with zero attached hydrogens (tertiary/aromatic N) is 2. The zero-order valence-electron chi connectivity index (χ0n) is 20.3. The molecule has 0 spiro atoms. The van der Waals surface area contributed by atoms with Crippen molar-refractivity contribution in [3.63, 3.8) is 0 Å². The van der Waals surface area contributed by atoms with E-state index in [1.54, 1.807) is 23.1 Å². The van der Waals surface area contributed by atoms with Crippen molar-refractivity contribution in [1.29, 1.82) is 0 Å². The summed E-state index contributed by atoms with van der Waals surface area (Å²) >= 11 is 0. The lowest BCUT2D eigenvalue weighted by molar-refractivity contribution is -0.143. The number of anilines is 1. The van der Waals surface area contributed by atoms with Crippen molar-refractivity contribution >= 4 is 17.6 Å². The average molecular weight is 485 g/mol. The summed E-state index contributed by atoms with van der Waals surface area (Å²) in [7, 11) is 0. The summed E-state index contributed by atoms with van der Waals surface area (Å²) in [5, 5.41) is 0. The Bertz CT molecular complexity index is 1020. The minimum absolute atomic E-state index is 0.0147. The summed E-state index contributed by atoms with van der Waals surface area (Å²) in [4.78, 5) is 28.9. The molecule has 35 heavy (non-hydrogen) atoms. The Hall–Kier alpha value is -2.80. The molecule has 2 aliphatic rings. The lowest BCUT2D eigenvalue weighted by atomic mass is 9.87. The fourth-order valence-corrected chi connectivity index (χ4v) is 5.34. The number of amides is 1. The van der Waals surface area contributed by atoms with Gasteiger partial charge in [0.2, 0.25) is 5.91 Å². The number of carbonyl (C=O) groups is 2. The standard InChI is InChI=1S/C28H34F2N2O3/c1-2-35-28(34)12-5-20-13-16-31(17-14-20)19-27(33)32-15-3-4-24(21-6-8-22(29)9-7-21)25-11-10-23(30)18-26(25)32/h6-11,18,20,24H,2-5,12-17,19H2,1H3. The first-order valence-corrected chi connectivity index (χ1v) is 12.7. The molecule has 1 atom stereocenters. The molecule has 1 amide bonds. The van der Waals surface area contributed by atoms with Crippen LogP contribution in [0.5, 0.6) is 0 Å². The molecule has 0 aliphatic carbocycles. The highest BCUT2D eigenvalue weighted by Gasteiger charge is 2.30. The molecular formula is C28H34F2N2O3. The number of fused-ring (bicyclic) bond motifs is 1. The van der Waals surface area contributed by atoms with Gasteiger partial charge in [-0.25, -0.2) is 8.78 Å². The minimum Gasteiger partial charge on any atom is -0.466 e. The Morgan fingerprint density at radius 1 is 0.971 bits per heavy atom. The van der Waals surface area contributed by atoms with Crippen LogP contribution >= 0.6 is 0 Å². The largest absolute Gasteiger partial charge is 0.466 e. The van der Waals surface area contributed by atoms with E-state index in [1.807, 2.05) is 6.92 Å². The van der Waals surface area contributed by atoms with Gasteiger partial charge < -0.3 is 9.64 Å². The molecule has 0 N–H and O–H groups in total. The first-order chi connectivity index (χ1) is 16.9. The summed E-state index contributed by atoms with van der Waals surface area (Å²) < 4.78 is 32.8. The summed E-state index contributed by atoms with van der Waals surface area (Å²) in [5.41, 5.74) is 2.49. The number of carbonyl (C=O) groups excluding carboxylic acids is 2. The smallest absolute Gasteiger partial charge is 0.305 e. The molecule has 2 aromatic rings. The van der Waals surface area contributed by atoms with Crippen molar-refractivity contribution in [1.82, 2.24) is 4.90 Å². The number of piperidine rings is 1. The highest BCUT2D eigenvalue weighted by Crippen LogP contribution is 2.39. The molecule has 0 radical (unpaired) electrons. The third-order valence-electron chi connectivity index (χ3n) is 7.23. The summed E-state index contributed by atoms with van der Waals surface area (Å²) in [5.74, 6) is -0.376. The van der Waals surface area contributed by atoms with Gasteiger partial charge in [0.15, 0.2) is 0 Å². The second-order valence-electron chi connectivity index (χ2n) is 9.56. The van der Waals surface area contributed by atoms with Crippen LogP contribution in [0.1, 0.15) is 62.5 Å². The fraction of sp³-hybridized carbons (Fsp3) is 0.500. The van der Waals surface area contributed by atoms with Crippen molar-refractivity contribution in [3.8, 4) is 0 Å². The van der Waals surface area contributed by atoms with E-state index >= 15 is 0 Å². The van der Waals surface area contributed by atoms with Gasteiger partial charge in [-0.15, -0.1) is 0 Å². The molecule has 2 aliphatic heterocycles. The fourth-order valence-electron chi connectivity index (χ4n) is 5.34. The molecule has 0 bridgehead atoms. The number of hydrogen-bond donors (Lipinski definition) is 0. The van der Waals surface area contributed by atoms with E-state index in [9.17, 15) is 18.4 Å². The van der Waals surface area contributed by atoms with Gasteiger partial charge >= 0.3 is 5.97 Å². The van der Waals surface area contributed by atoms with Crippen LogP contribution in [0.4, 0.5) is 14.5 Å². The van der Waals surface area contributed by atoms with Crippen LogP contribution in [0.3, 0.4) is 0 Å². The van der Waals surface area contributed by atoms with E-state index in [0.29, 0.717) is 37.7 Å². The number of halogens is 2. The Labute approximate surface area is 206 Å². The molecule has 1 saturated heterocycles. The predicted molar refractivity (Wildman–Crippen MR) is 131 cm³/mol. The van der Waals surface area contributed by atoms with Crippen LogP contribution < -0.4 is 4.90 Å². The van der Waals surface area contributed by atoms with Crippen molar-refractivity contribution in [2.45, 2.75) is 51.4 Å². The predicted octanol–water partition coefficient (Wildman–Crippen LogP) is 5.28. The average Bonchev–Trinajstić information content (AvgIpc) is 3.04. The Morgan fingerprint density at radius 3 is 2.40 bits per heavy atom. The SMILES string of the molecule is CCOC(=O)CCC1CCN(CC(=O)N2CCCC(c3ccc(F)cc3)c3ccc(F)cc32)CC1. The summed E-state index contributed by atoms with van der Waals surface area (Å²) in [6.45, 7) is 4.66.